The second-order valence-corrected chi connectivity index (χ2v) is 6.59. The van der Waals surface area contributed by atoms with E-state index in [9.17, 15) is 4.79 Å². The van der Waals surface area contributed by atoms with E-state index in [1.165, 1.54) is 11.8 Å². The number of benzene rings is 1. The highest BCUT2D eigenvalue weighted by molar-refractivity contribution is 7.99. The van der Waals surface area contributed by atoms with Crippen molar-refractivity contribution in [1.29, 1.82) is 0 Å². The van der Waals surface area contributed by atoms with Crippen LogP contribution < -0.4 is 4.74 Å². The normalized spacial score (nSPS) is 10.9. The van der Waals surface area contributed by atoms with Gasteiger partial charge in [0.15, 0.2) is 0 Å². The largest absolute Gasteiger partial charge is 0.426 e. The molecule has 28 heavy (non-hydrogen) atoms. The second kappa shape index (κ2) is 13.3. The summed E-state index contributed by atoms with van der Waals surface area (Å²) in [6.45, 7) is 6.07. The first-order valence-corrected chi connectivity index (χ1v) is 10.6. The van der Waals surface area contributed by atoms with Gasteiger partial charge in [-0.3, -0.25) is 4.79 Å². The van der Waals surface area contributed by atoms with Crippen LogP contribution in [-0.4, -0.2) is 72.6 Å². The Balaban J connectivity index is 1.68. The summed E-state index contributed by atoms with van der Waals surface area (Å²) in [7, 11) is 0. The fourth-order valence-electron chi connectivity index (χ4n) is 2.25. The molecule has 1 aromatic carbocycles. The van der Waals surface area contributed by atoms with Crippen LogP contribution in [0.5, 0.6) is 5.75 Å². The third-order valence-corrected chi connectivity index (χ3v) is 4.12. The highest BCUT2D eigenvalue weighted by atomic mass is 32.2. The lowest BCUT2D eigenvalue weighted by molar-refractivity contribution is -0.131. The standard InChI is InChI=1S/C19H27N3O5S/c1-3-24-10-11-26-13-12-25-9-8-22-14-18(20-21-22)16-4-6-17(7-5-16)27-19(23)15-28-2/h4-7,14H,3,8-13,15H2,1-2H3. The number of thioether (sulfide) groups is 1. The summed E-state index contributed by atoms with van der Waals surface area (Å²) in [5.41, 5.74) is 1.65. The van der Waals surface area contributed by atoms with Gasteiger partial charge in [0.2, 0.25) is 0 Å². The molecule has 0 atom stereocenters. The molecule has 1 heterocycles. The van der Waals surface area contributed by atoms with Gasteiger partial charge in [-0.15, -0.1) is 5.10 Å². The lowest BCUT2D eigenvalue weighted by Crippen LogP contribution is -2.12. The molecule has 9 heteroatoms. The molecule has 0 amide bonds. The predicted octanol–water partition coefficient (Wildman–Crippen LogP) is 2.28. The molecule has 2 rings (SSSR count). The van der Waals surface area contributed by atoms with Crippen LogP contribution in [0.2, 0.25) is 0 Å². The van der Waals surface area contributed by atoms with E-state index in [4.69, 9.17) is 18.9 Å². The molecule has 0 N–H and O–H groups in total. The maximum absolute atomic E-state index is 11.5. The van der Waals surface area contributed by atoms with Crippen molar-refractivity contribution in [2.45, 2.75) is 13.5 Å². The number of esters is 1. The summed E-state index contributed by atoms with van der Waals surface area (Å²) in [5, 5.41) is 8.28. The highest BCUT2D eigenvalue weighted by Gasteiger charge is 2.07. The average molecular weight is 410 g/mol. The first-order chi connectivity index (χ1) is 13.7. The molecule has 0 saturated heterocycles. The van der Waals surface area contributed by atoms with Crippen molar-refractivity contribution in [2.75, 3.05) is 51.6 Å². The topological polar surface area (TPSA) is 84.7 Å². The first kappa shape index (κ1) is 22.4. The Morgan fingerprint density at radius 1 is 1.04 bits per heavy atom. The van der Waals surface area contributed by atoms with Gasteiger partial charge in [0.25, 0.3) is 0 Å². The number of nitrogens with zero attached hydrogens (tertiary/aromatic N) is 3. The van der Waals surface area contributed by atoms with Gasteiger partial charge in [0.1, 0.15) is 11.4 Å². The molecule has 0 unspecified atom stereocenters. The Bertz CT molecular complexity index is 693. The van der Waals surface area contributed by atoms with Gasteiger partial charge in [0.05, 0.1) is 51.5 Å². The molecule has 0 aliphatic carbocycles. The number of rotatable bonds is 14. The van der Waals surface area contributed by atoms with Gasteiger partial charge in [-0.25, -0.2) is 4.68 Å². The van der Waals surface area contributed by atoms with Crippen LogP contribution in [-0.2, 0) is 25.5 Å². The molecular weight excluding hydrogens is 382 g/mol. The van der Waals surface area contributed by atoms with Crippen LogP contribution in [0.3, 0.4) is 0 Å². The Kier molecular flexibility index (Phi) is 10.6. The summed E-state index contributed by atoms with van der Waals surface area (Å²) in [4.78, 5) is 11.5. The third-order valence-electron chi connectivity index (χ3n) is 3.60. The van der Waals surface area contributed by atoms with Crippen molar-refractivity contribution >= 4 is 17.7 Å². The van der Waals surface area contributed by atoms with Gasteiger partial charge in [0, 0.05) is 12.2 Å². The summed E-state index contributed by atoms with van der Waals surface area (Å²) in [6, 6.07) is 7.21. The fourth-order valence-corrected chi connectivity index (χ4v) is 2.55. The molecule has 2 aromatic rings. The van der Waals surface area contributed by atoms with E-state index < -0.39 is 0 Å². The molecule has 0 aliphatic heterocycles. The quantitative estimate of drug-likeness (QED) is 0.267. The van der Waals surface area contributed by atoms with Crippen LogP contribution in [0.25, 0.3) is 11.3 Å². The SMILES string of the molecule is CCOCCOCCOCCn1cc(-c2ccc(OC(=O)CSC)cc2)nn1. The summed E-state index contributed by atoms with van der Waals surface area (Å²) in [5.74, 6) is 0.593. The zero-order valence-electron chi connectivity index (χ0n) is 16.3. The average Bonchev–Trinajstić information content (AvgIpc) is 3.16. The van der Waals surface area contributed by atoms with Gasteiger partial charge in [-0.05, 0) is 37.4 Å². The minimum atomic E-state index is -0.258. The summed E-state index contributed by atoms with van der Waals surface area (Å²) in [6.07, 6.45) is 3.72. The summed E-state index contributed by atoms with van der Waals surface area (Å²) < 4.78 is 23.1. The van der Waals surface area contributed by atoms with Crippen LogP contribution in [0.4, 0.5) is 0 Å². The molecule has 0 aliphatic rings. The molecular formula is C19H27N3O5S. The zero-order chi connectivity index (χ0) is 20.0. The van der Waals surface area contributed by atoms with Gasteiger partial charge < -0.3 is 18.9 Å². The fraction of sp³-hybridized carbons (Fsp3) is 0.526. The number of hydrogen-bond donors (Lipinski definition) is 0. The van der Waals surface area contributed by atoms with Gasteiger partial charge >= 0.3 is 5.97 Å². The van der Waals surface area contributed by atoms with E-state index in [0.717, 1.165) is 11.3 Å². The molecule has 0 bridgehead atoms. The molecule has 8 nitrogen and oxygen atoms in total. The van der Waals surface area contributed by atoms with Gasteiger partial charge in [-0.2, -0.15) is 11.8 Å². The lowest BCUT2D eigenvalue weighted by atomic mass is 10.2. The molecule has 0 fully saturated rings. The molecule has 0 spiro atoms. The second-order valence-electron chi connectivity index (χ2n) is 5.72. The van der Waals surface area contributed by atoms with Gasteiger partial charge in [-0.1, -0.05) is 5.21 Å². The first-order valence-electron chi connectivity index (χ1n) is 9.16. The van der Waals surface area contributed by atoms with E-state index in [1.807, 2.05) is 31.5 Å². The van der Waals surface area contributed by atoms with Crippen molar-refractivity contribution in [1.82, 2.24) is 15.0 Å². The Morgan fingerprint density at radius 3 is 2.39 bits per heavy atom. The van der Waals surface area contributed by atoms with Crippen LogP contribution in [0.1, 0.15) is 6.92 Å². The van der Waals surface area contributed by atoms with Crippen LogP contribution in [0, 0.1) is 0 Å². The number of hydrogen-bond acceptors (Lipinski definition) is 8. The number of carbonyl (C=O) groups excluding carboxylic acids is 1. The van der Waals surface area contributed by atoms with Crippen molar-refractivity contribution in [3.05, 3.63) is 30.5 Å². The maximum atomic E-state index is 11.5. The Hall–Kier alpha value is -1.94. The van der Waals surface area contributed by atoms with E-state index >= 15 is 0 Å². The predicted molar refractivity (Wildman–Crippen MR) is 108 cm³/mol. The van der Waals surface area contributed by atoms with Crippen molar-refractivity contribution in [3.63, 3.8) is 0 Å². The third kappa shape index (κ3) is 8.39. The number of aromatic nitrogens is 3. The molecule has 0 radical (unpaired) electrons. The maximum Gasteiger partial charge on any atom is 0.321 e. The Labute approximate surface area is 169 Å². The van der Waals surface area contributed by atoms with Crippen molar-refractivity contribution in [2.24, 2.45) is 0 Å². The monoisotopic (exact) mass is 409 g/mol. The minimum absolute atomic E-state index is 0.258. The van der Waals surface area contributed by atoms with Crippen molar-refractivity contribution < 1.29 is 23.7 Å². The Morgan fingerprint density at radius 2 is 1.71 bits per heavy atom. The number of carbonyl (C=O) groups is 1. The highest BCUT2D eigenvalue weighted by Crippen LogP contribution is 2.20. The van der Waals surface area contributed by atoms with Crippen LogP contribution >= 0.6 is 11.8 Å². The van der Waals surface area contributed by atoms with E-state index in [1.54, 1.807) is 16.8 Å². The molecule has 1 aromatic heterocycles. The van der Waals surface area contributed by atoms with Crippen molar-refractivity contribution in [3.8, 4) is 17.0 Å². The summed E-state index contributed by atoms with van der Waals surface area (Å²) >= 11 is 1.43. The molecule has 0 saturated carbocycles. The van der Waals surface area contributed by atoms with E-state index in [0.29, 0.717) is 57.7 Å². The minimum Gasteiger partial charge on any atom is -0.426 e. The number of ether oxygens (including phenoxy) is 4. The molecule has 154 valence electrons. The van der Waals surface area contributed by atoms with Crippen LogP contribution in [0.15, 0.2) is 30.5 Å². The smallest absolute Gasteiger partial charge is 0.321 e. The van der Waals surface area contributed by atoms with E-state index in [2.05, 4.69) is 10.3 Å². The lowest BCUT2D eigenvalue weighted by Gasteiger charge is -2.05. The van der Waals surface area contributed by atoms with E-state index in [-0.39, 0.29) is 5.97 Å². The zero-order valence-corrected chi connectivity index (χ0v) is 17.2.